The van der Waals surface area contributed by atoms with Crippen LogP contribution in [0.25, 0.3) is 0 Å². The highest BCUT2D eigenvalue weighted by molar-refractivity contribution is 5.88. The highest BCUT2D eigenvalue weighted by atomic mass is 16.5. The van der Waals surface area contributed by atoms with Gasteiger partial charge >= 0.3 is 5.97 Å². The van der Waals surface area contributed by atoms with E-state index in [0.29, 0.717) is 5.56 Å². The Morgan fingerprint density at radius 2 is 1.59 bits per heavy atom. The molecule has 0 amide bonds. The SMILES string of the molecule is COC(=O)C#CC(O)(C#Cc1ccccc1)c1ccccc1. The summed E-state index contributed by atoms with van der Waals surface area (Å²) in [6.45, 7) is 0. The molecule has 0 spiro atoms. The lowest BCUT2D eigenvalue weighted by Gasteiger charge is -2.15. The van der Waals surface area contributed by atoms with E-state index in [1.54, 1.807) is 24.3 Å². The standard InChI is InChI=1S/C19H14O3/c1-22-18(20)13-15-19(21,17-10-6-3-7-11-17)14-12-16-8-4-2-5-9-16/h2-11,21H,1H3. The Labute approximate surface area is 129 Å². The van der Waals surface area contributed by atoms with E-state index in [1.807, 2.05) is 36.4 Å². The van der Waals surface area contributed by atoms with Crippen molar-refractivity contribution in [3.05, 3.63) is 71.8 Å². The number of rotatable bonds is 1. The van der Waals surface area contributed by atoms with E-state index >= 15 is 0 Å². The summed E-state index contributed by atoms with van der Waals surface area (Å²) in [5.74, 6) is 9.61. The van der Waals surface area contributed by atoms with Crippen LogP contribution in [0.5, 0.6) is 0 Å². The molecule has 0 aliphatic rings. The van der Waals surface area contributed by atoms with Gasteiger partial charge < -0.3 is 9.84 Å². The topological polar surface area (TPSA) is 46.5 Å². The van der Waals surface area contributed by atoms with Gasteiger partial charge in [-0.15, -0.1) is 0 Å². The second-order valence-electron chi connectivity index (χ2n) is 4.43. The van der Waals surface area contributed by atoms with Crippen LogP contribution >= 0.6 is 0 Å². The summed E-state index contributed by atoms with van der Waals surface area (Å²) in [4.78, 5) is 11.2. The summed E-state index contributed by atoms with van der Waals surface area (Å²) in [6, 6.07) is 18.0. The maximum Gasteiger partial charge on any atom is 0.384 e. The number of hydrogen-bond acceptors (Lipinski definition) is 3. The number of hydrogen-bond donors (Lipinski definition) is 1. The van der Waals surface area contributed by atoms with Crippen LogP contribution in [0.2, 0.25) is 0 Å². The fourth-order valence-electron chi connectivity index (χ4n) is 1.73. The van der Waals surface area contributed by atoms with Crippen molar-refractivity contribution in [3.63, 3.8) is 0 Å². The molecule has 0 aromatic heterocycles. The lowest BCUT2D eigenvalue weighted by atomic mass is 9.94. The van der Waals surface area contributed by atoms with Crippen LogP contribution in [0.3, 0.4) is 0 Å². The van der Waals surface area contributed by atoms with Crippen molar-refractivity contribution in [1.29, 1.82) is 0 Å². The Hall–Kier alpha value is -3.01. The van der Waals surface area contributed by atoms with Gasteiger partial charge in [0.2, 0.25) is 5.60 Å². The van der Waals surface area contributed by atoms with Gasteiger partial charge in [0.25, 0.3) is 0 Å². The fourth-order valence-corrected chi connectivity index (χ4v) is 1.73. The molecule has 0 saturated heterocycles. The summed E-state index contributed by atoms with van der Waals surface area (Å²) < 4.78 is 4.47. The number of ether oxygens (including phenoxy) is 1. The average Bonchev–Trinajstić information content (AvgIpc) is 2.59. The van der Waals surface area contributed by atoms with Gasteiger partial charge in [0, 0.05) is 17.0 Å². The number of methoxy groups -OCH3 is 1. The molecule has 0 saturated carbocycles. The van der Waals surface area contributed by atoms with Crippen LogP contribution < -0.4 is 0 Å². The van der Waals surface area contributed by atoms with Crippen molar-refractivity contribution in [2.45, 2.75) is 5.60 Å². The van der Waals surface area contributed by atoms with Gasteiger partial charge in [-0.2, -0.15) is 0 Å². The third kappa shape index (κ3) is 3.99. The minimum absolute atomic E-state index is 0.495. The highest BCUT2D eigenvalue weighted by Gasteiger charge is 2.24. The van der Waals surface area contributed by atoms with Crippen LogP contribution in [0.15, 0.2) is 60.7 Å². The Kier molecular flexibility index (Phi) is 4.98. The first-order chi connectivity index (χ1) is 10.6. The van der Waals surface area contributed by atoms with Crippen molar-refractivity contribution in [2.24, 2.45) is 0 Å². The highest BCUT2D eigenvalue weighted by Crippen LogP contribution is 2.19. The van der Waals surface area contributed by atoms with E-state index in [4.69, 9.17) is 0 Å². The van der Waals surface area contributed by atoms with E-state index in [9.17, 15) is 9.90 Å². The third-order valence-electron chi connectivity index (χ3n) is 2.88. The molecular weight excluding hydrogens is 276 g/mol. The summed E-state index contributed by atoms with van der Waals surface area (Å²) in [6.07, 6.45) is 0. The van der Waals surface area contributed by atoms with Crippen molar-refractivity contribution in [1.82, 2.24) is 0 Å². The summed E-state index contributed by atoms with van der Waals surface area (Å²) >= 11 is 0. The van der Waals surface area contributed by atoms with Gasteiger partial charge in [-0.1, -0.05) is 54.5 Å². The zero-order valence-corrected chi connectivity index (χ0v) is 12.0. The largest absolute Gasteiger partial charge is 0.459 e. The predicted molar refractivity (Wildman–Crippen MR) is 83.5 cm³/mol. The van der Waals surface area contributed by atoms with Gasteiger partial charge in [-0.05, 0) is 24.0 Å². The number of aliphatic hydroxyl groups is 1. The maximum atomic E-state index is 11.2. The molecule has 3 heteroatoms. The summed E-state index contributed by atoms with van der Waals surface area (Å²) in [5.41, 5.74) is -0.503. The van der Waals surface area contributed by atoms with Crippen molar-refractivity contribution < 1.29 is 14.6 Å². The molecule has 1 N–H and O–H groups in total. The monoisotopic (exact) mass is 290 g/mol. The molecule has 108 valence electrons. The zero-order chi connectivity index (χ0) is 15.8. The molecule has 0 bridgehead atoms. The van der Waals surface area contributed by atoms with E-state index in [1.165, 1.54) is 7.11 Å². The van der Waals surface area contributed by atoms with Crippen LogP contribution in [0.1, 0.15) is 11.1 Å². The summed E-state index contributed by atoms with van der Waals surface area (Å²) in [7, 11) is 1.23. The Bertz CT molecular complexity index is 758. The van der Waals surface area contributed by atoms with E-state index in [-0.39, 0.29) is 0 Å². The molecule has 0 aliphatic carbocycles. The minimum atomic E-state index is -1.74. The van der Waals surface area contributed by atoms with Gasteiger partial charge in [0.05, 0.1) is 7.11 Å². The Morgan fingerprint density at radius 3 is 2.18 bits per heavy atom. The minimum Gasteiger partial charge on any atom is -0.459 e. The number of esters is 1. The second-order valence-corrected chi connectivity index (χ2v) is 4.43. The number of carbonyl (C=O) groups excluding carboxylic acids is 1. The molecule has 1 atom stereocenters. The van der Waals surface area contributed by atoms with Gasteiger partial charge in [0.15, 0.2) is 0 Å². The molecule has 2 aromatic carbocycles. The van der Waals surface area contributed by atoms with Crippen LogP contribution in [0, 0.1) is 23.7 Å². The Morgan fingerprint density at radius 1 is 1.00 bits per heavy atom. The van der Waals surface area contributed by atoms with Gasteiger partial charge in [-0.25, -0.2) is 4.79 Å². The molecule has 22 heavy (non-hydrogen) atoms. The molecule has 0 fully saturated rings. The molecule has 2 rings (SSSR count). The van der Waals surface area contributed by atoms with E-state index in [0.717, 1.165) is 5.56 Å². The smallest absolute Gasteiger partial charge is 0.384 e. The van der Waals surface area contributed by atoms with Crippen LogP contribution in [0.4, 0.5) is 0 Å². The predicted octanol–water partition coefficient (Wildman–Crippen LogP) is 2.10. The van der Waals surface area contributed by atoms with E-state index < -0.39 is 11.6 Å². The quantitative estimate of drug-likeness (QED) is 0.497. The van der Waals surface area contributed by atoms with Gasteiger partial charge in [0.1, 0.15) is 0 Å². The van der Waals surface area contributed by atoms with Crippen LogP contribution in [-0.2, 0) is 15.1 Å². The fraction of sp³-hybridized carbons (Fsp3) is 0.105. The molecule has 2 aromatic rings. The van der Waals surface area contributed by atoms with Crippen molar-refractivity contribution >= 4 is 5.97 Å². The lowest BCUT2D eigenvalue weighted by molar-refractivity contribution is -0.133. The first-order valence-electron chi connectivity index (χ1n) is 6.61. The zero-order valence-electron chi connectivity index (χ0n) is 12.0. The molecule has 0 aliphatic heterocycles. The van der Waals surface area contributed by atoms with Crippen LogP contribution in [-0.4, -0.2) is 18.2 Å². The van der Waals surface area contributed by atoms with E-state index in [2.05, 4.69) is 28.4 Å². The Balaban J connectivity index is 2.44. The molecule has 0 heterocycles. The van der Waals surface area contributed by atoms with Gasteiger partial charge in [-0.3, -0.25) is 0 Å². The van der Waals surface area contributed by atoms with Crippen molar-refractivity contribution in [2.75, 3.05) is 7.11 Å². The average molecular weight is 290 g/mol. The number of benzene rings is 2. The first kappa shape index (κ1) is 15.4. The maximum absolute atomic E-state index is 11.2. The molecule has 3 nitrogen and oxygen atoms in total. The summed E-state index contributed by atoms with van der Waals surface area (Å²) in [5, 5.41) is 10.7. The first-order valence-corrected chi connectivity index (χ1v) is 6.61. The molecule has 0 radical (unpaired) electrons. The normalized spacial score (nSPS) is 11.9. The lowest BCUT2D eigenvalue weighted by Crippen LogP contribution is -2.21. The second kappa shape index (κ2) is 7.13. The number of carbonyl (C=O) groups is 1. The molecular formula is C19H14O3. The molecule has 1 unspecified atom stereocenters. The third-order valence-corrected chi connectivity index (χ3v) is 2.88. The van der Waals surface area contributed by atoms with Crippen molar-refractivity contribution in [3.8, 4) is 23.7 Å².